The van der Waals surface area contributed by atoms with Crippen molar-refractivity contribution < 1.29 is 9.59 Å². The summed E-state index contributed by atoms with van der Waals surface area (Å²) in [4.78, 5) is 23.0. The number of nitrogens with two attached hydrogens (primary N) is 1. The number of carbonyl (C=O) groups excluding carboxylic acids is 2. The Kier molecular flexibility index (Phi) is 6.65. The molecule has 0 saturated heterocycles. The maximum absolute atomic E-state index is 11.1. The van der Waals surface area contributed by atoms with Gasteiger partial charge in [-0.2, -0.15) is 5.10 Å². The molecule has 6 nitrogen and oxygen atoms in total. The van der Waals surface area contributed by atoms with Gasteiger partial charge in [0.15, 0.2) is 0 Å². The third-order valence-electron chi connectivity index (χ3n) is 3.08. The molecule has 0 radical (unpaired) electrons. The number of hydrogen-bond donors (Lipinski definition) is 2. The molecule has 1 heterocycles. The molecular formula is C15H24N4O2. The van der Waals surface area contributed by atoms with E-state index in [1.165, 1.54) is 16.2 Å². The molecule has 0 saturated carbocycles. The van der Waals surface area contributed by atoms with Gasteiger partial charge in [-0.1, -0.05) is 26.0 Å². The Hall–Kier alpha value is -2.11. The average Bonchev–Trinajstić information content (AvgIpc) is 2.92. The summed E-state index contributed by atoms with van der Waals surface area (Å²) in [7, 11) is 0. The number of fused-ring (bicyclic) bond motifs is 1. The Morgan fingerprint density at radius 3 is 2.71 bits per heavy atom. The third kappa shape index (κ3) is 5.41. The molecule has 1 aromatic heterocycles. The number of H-pyrrole nitrogens is 1. The van der Waals surface area contributed by atoms with Crippen LogP contribution in [0.2, 0.25) is 0 Å². The van der Waals surface area contributed by atoms with E-state index in [4.69, 9.17) is 5.73 Å². The first-order chi connectivity index (χ1) is 9.95. The van der Waals surface area contributed by atoms with Crippen LogP contribution >= 0.6 is 0 Å². The Bertz CT molecular complexity index is 506. The van der Waals surface area contributed by atoms with E-state index in [-0.39, 0.29) is 0 Å². The van der Waals surface area contributed by atoms with Gasteiger partial charge in [-0.05, 0) is 25.7 Å². The van der Waals surface area contributed by atoms with Gasteiger partial charge in [-0.25, -0.2) is 0 Å². The highest BCUT2D eigenvalue weighted by atomic mass is 16.2. The standard InChI is InChI=1S/C8H16N2O2.C7H8N2/c1-4-10(5-6(2)3)8(12)7(9)11;1-2-4-7-6(3-1)5-8-9-7/h6H,4-5H2,1-3H3,(H2,9,11);1,3,5H,2,4H2,(H,8,9). The van der Waals surface area contributed by atoms with Crippen molar-refractivity contribution in [2.24, 2.45) is 11.7 Å². The molecule has 3 N–H and O–H groups in total. The molecule has 21 heavy (non-hydrogen) atoms. The fourth-order valence-corrected chi connectivity index (χ4v) is 2.06. The van der Waals surface area contributed by atoms with Gasteiger partial charge < -0.3 is 10.6 Å². The van der Waals surface area contributed by atoms with E-state index in [1.54, 1.807) is 0 Å². The number of hydrogen-bond acceptors (Lipinski definition) is 3. The fraction of sp³-hybridized carbons (Fsp3) is 0.533. The first-order valence-corrected chi connectivity index (χ1v) is 7.23. The molecule has 116 valence electrons. The zero-order valence-corrected chi connectivity index (χ0v) is 12.9. The molecule has 2 amide bonds. The van der Waals surface area contributed by atoms with Crippen LogP contribution in [0, 0.1) is 5.92 Å². The van der Waals surface area contributed by atoms with Crippen LogP contribution in [-0.4, -0.2) is 40.0 Å². The topological polar surface area (TPSA) is 92.1 Å². The maximum atomic E-state index is 11.1. The van der Waals surface area contributed by atoms with E-state index in [1.807, 2.05) is 27.0 Å². The minimum Gasteiger partial charge on any atom is -0.361 e. The van der Waals surface area contributed by atoms with Gasteiger partial charge in [0.2, 0.25) is 0 Å². The number of aromatic nitrogens is 2. The number of carbonyl (C=O) groups is 2. The molecule has 6 heteroatoms. The highest BCUT2D eigenvalue weighted by molar-refractivity contribution is 6.34. The van der Waals surface area contributed by atoms with E-state index < -0.39 is 11.8 Å². The highest BCUT2D eigenvalue weighted by Gasteiger charge is 2.17. The molecule has 2 rings (SSSR count). The van der Waals surface area contributed by atoms with Gasteiger partial charge in [0.1, 0.15) is 0 Å². The number of nitrogens with zero attached hydrogens (tertiary/aromatic N) is 2. The second kappa shape index (κ2) is 8.24. The molecule has 0 unspecified atom stereocenters. The van der Waals surface area contributed by atoms with Crippen LogP contribution in [0.1, 0.15) is 38.4 Å². The smallest absolute Gasteiger partial charge is 0.311 e. The Morgan fingerprint density at radius 2 is 2.19 bits per heavy atom. The molecule has 1 aromatic rings. The quantitative estimate of drug-likeness (QED) is 0.824. The number of rotatable bonds is 3. The van der Waals surface area contributed by atoms with Crippen molar-refractivity contribution >= 4 is 17.9 Å². The van der Waals surface area contributed by atoms with Crippen LogP contribution in [0.15, 0.2) is 12.3 Å². The van der Waals surface area contributed by atoms with E-state index in [9.17, 15) is 9.59 Å². The second-order valence-electron chi connectivity index (χ2n) is 5.35. The number of allylic oxidation sites excluding steroid dienone is 1. The Labute approximate surface area is 125 Å². The largest absolute Gasteiger partial charge is 0.361 e. The Balaban J connectivity index is 0.000000216. The van der Waals surface area contributed by atoms with Crippen molar-refractivity contribution in [3.05, 3.63) is 23.5 Å². The van der Waals surface area contributed by atoms with Crippen LogP contribution in [0.4, 0.5) is 0 Å². The SMILES string of the molecule is C1=Cc2cn[nH]c2CC1.CCN(CC(C)C)C(=O)C(N)=O. The van der Waals surface area contributed by atoms with Crippen LogP contribution in [0.5, 0.6) is 0 Å². The lowest BCUT2D eigenvalue weighted by Gasteiger charge is -2.20. The monoisotopic (exact) mass is 292 g/mol. The van der Waals surface area contributed by atoms with Gasteiger partial charge >= 0.3 is 11.8 Å². The number of aryl methyl sites for hydroxylation is 1. The van der Waals surface area contributed by atoms with Gasteiger partial charge in [-0.15, -0.1) is 0 Å². The number of primary amides is 1. The van der Waals surface area contributed by atoms with Crippen LogP contribution in [-0.2, 0) is 16.0 Å². The van der Waals surface area contributed by atoms with Gasteiger partial charge in [0.25, 0.3) is 0 Å². The van der Waals surface area contributed by atoms with Crippen LogP contribution in [0.3, 0.4) is 0 Å². The molecule has 0 aliphatic heterocycles. The summed E-state index contributed by atoms with van der Waals surface area (Å²) >= 11 is 0. The van der Waals surface area contributed by atoms with Crippen LogP contribution in [0.25, 0.3) is 6.08 Å². The van der Waals surface area contributed by atoms with Gasteiger partial charge in [-0.3, -0.25) is 14.7 Å². The molecule has 0 bridgehead atoms. The predicted molar refractivity (Wildman–Crippen MR) is 82.2 cm³/mol. The summed E-state index contributed by atoms with van der Waals surface area (Å²) < 4.78 is 0. The van der Waals surface area contributed by atoms with Crippen molar-refractivity contribution in [3.63, 3.8) is 0 Å². The minimum atomic E-state index is -0.877. The summed E-state index contributed by atoms with van der Waals surface area (Å²) in [5.41, 5.74) is 7.38. The van der Waals surface area contributed by atoms with E-state index in [0.717, 1.165) is 12.8 Å². The first kappa shape index (κ1) is 16.9. The number of amides is 2. The van der Waals surface area contributed by atoms with E-state index in [2.05, 4.69) is 22.3 Å². The summed E-state index contributed by atoms with van der Waals surface area (Å²) in [6.07, 6.45) is 8.42. The van der Waals surface area contributed by atoms with Crippen molar-refractivity contribution in [3.8, 4) is 0 Å². The Morgan fingerprint density at radius 1 is 1.48 bits per heavy atom. The molecule has 1 aliphatic carbocycles. The van der Waals surface area contributed by atoms with Crippen molar-refractivity contribution in [1.82, 2.24) is 15.1 Å². The zero-order valence-electron chi connectivity index (χ0n) is 12.9. The summed E-state index contributed by atoms with van der Waals surface area (Å²) in [6, 6.07) is 0. The fourth-order valence-electron chi connectivity index (χ4n) is 2.06. The minimum absolute atomic E-state index is 0.355. The number of likely N-dealkylation sites (N-methyl/N-ethyl adjacent to an activating group) is 1. The van der Waals surface area contributed by atoms with Crippen LogP contribution < -0.4 is 5.73 Å². The van der Waals surface area contributed by atoms with E-state index >= 15 is 0 Å². The normalized spacial score (nSPS) is 12.4. The number of nitrogens with one attached hydrogen (secondary N) is 1. The first-order valence-electron chi connectivity index (χ1n) is 7.23. The summed E-state index contributed by atoms with van der Waals surface area (Å²) in [6.45, 7) is 6.90. The maximum Gasteiger partial charge on any atom is 0.311 e. The number of aromatic amines is 1. The second-order valence-corrected chi connectivity index (χ2v) is 5.35. The lowest BCUT2D eigenvalue weighted by molar-refractivity contribution is -0.144. The summed E-state index contributed by atoms with van der Waals surface area (Å²) in [5.74, 6) is -1.11. The third-order valence-corrected chi connectivity index (χ3v) is 3.08. The molecule has 1 aliphatic rings. The molecular weight excluding hydrogens is 268 g/mol. The van der Waals surface area contributed by atoms with Crippen molar-refractivity contribution in [2.45, 2.75) is 33.6 Å². The average molecular weight is 292 g/mol. The molecule has 0 atom stereocenters. The predicted octanol–water partition coefficient (Wildman–Crippen LogP) is 1.35. The van der Waals surface area contributed by atoms with Crippen molar-refractivity contribution in [1.29, 1.82) is 0 Å². The highest BCUT2D eigenvalue weighted by Crippen LogP contribution is 2.14. The lowest BCUT2D eigenvalue weighted by atomic mass is 10.1. The molecule has 0 fully saturated rings. The lowest BCUT2D eigenvalue weighted by Crippen LogP contribution is -2.41. The van der Waals surface area contributed by atoms with E-state index in [0.29, 0.717) is 19.0 Å². The molecule has 0 spiro atoms. The zero-order chi connectivity index (χ0) is 15.8. The van der Waals surface area contributed by atoms with Gasteiger partial charge in [0.05, 0.1) is 6.20 Å². The van der Waals surface area contributed by atoms with Crippen molar-refractivity contribution in [2.75, 3.05) is 13.1 Å². The summed E-state index contributed by atoms with van der Waals surface area (Å²) in [5, 5.41) is 6.88. The molecule has 0 aromatic carbocycles. The van der Waals surface area contributed by atoms with Gasteiger partial charge in [0, 0.05) is 24.3 Å².